The molecule has 3 heteroatoms. The maximum absolute atomic E-state index is 5.73. The molecule has 0 bridgehead atoms. The summed E-state index contributed by atoms with van der Waals surface area (Å²) in [4.78, 5) is 2.70. The van der Waals surface area contributed by atoms with Gasteiger partial charge >= 0.3 is 0 Å². The van der Waals surface area contributed by atoms with E-state index in [0.29, 0.717) is 11.1 Å². The van der Waals surface area contributed by atoms with Crippen LogP contribution in [0.25, 0.3) is 0 Å². The van der Waals surface area contributed by atoms with E-state index in [4.69, 9.17) is 11.6 Å². The van der Waals surface area contributed by atoms with Crippen molar-refractivity contribution >= 4 is 11.6 Å². The number of rotatable bonds is 4. The highest BCUT2D eigenvalue weighted by molar-refractivity contribution is 6.25. The van der Waals surface area contributed by atoms with E-state index < -0.39 is 0 Å². The molecule has 1 aliphatic carbocycles. The minimum absolute atomic E-state index is 0.313. The van der Waals surface area contributed by atoms with Crippen LogP contribution in [0.2, 0.25) is 0 Å². The van der Waals surface area contributed by atoms with Crippen molar-refractivity contribution in [1.82, 2.24) is 10.2 Å². The number of hydrogen-bond acceptors (Lipinski definition) is 2. The molecule has 0 aromatic rings. The van der Waals surface area contributed by atoms with Crippen LogP contribution in [-0.2, 0) is 0 Å². The van der Waals surface area contributed by atoms with Gasteiger partial charge in [0.25, 0.3) is 0 Å². The van der Waals surface area contributed by atoms with Gasteiger partial charge in [-0.3, -0.25) is 4.90 Å². The number of nitrogens with one attached hydrogen (secondary N) is 1. The van der Waals surface area contributed by atoms with E-state index in [-0.39, 0.29) is 0 Å². The molecule has 0 radical (unpaired) electrons. The van der Waals surface area contributed by atoms with E-state index in [9.17, 15) is 0 Å². The molecular weight excluding hydrogens is 244 g/mol. The van der Waals surface area contributed by atoms with Crippen LogP contribution in [0.4, 0.5) is 0 Å². The second kappa shape index (κ2) is 5.94. The molecule has 1 N–H and O–H groups in total. The summed E-state index contributed by atoms with van der Waals surface area (Å²) >= 11 is 5.73. The third-order valence-electron chi connectivity index (χ3n) is 5.26. The molecule has 1 spiro atoms. The highest BCUT2D eigenvalue weighted by Crippen LogP contribution is 2.39. The molecule has 18 heavy (non-hydrogen) atoms. The molecule has 0 aromatic heterocycles. The summed E-state index contributed by atoms with van der Waals surface area (Å²) in [6, 6.07) is 0. The summed E-state index contributed by atoms with van der Waals surface area (Å²) in [6.07, 6.45) is 9.98. The van der Waals surface area contributed by atoms with Crippen LogP contribution in [0, 0.1) is 0 Å². The second-order valence-corrected chi connectivity index (χ2v) is 6.27. The largest absolute Gasteiger partial charge is 0.308 e. The summed E-state index contributed by atoms with van der Waals surface area (Å²) in [6.45, 7) is 7.94. The Hall–Kier alpha value is -0.0500. The molecule has 1 saturated carbocycles. The highest BCUT2D eigenvalue weighted by Gasteiger charge is 2.46. The maximum atomic E-state index is 5.73. The van der Waals surface area contributed by atoms with Crippen LogP contribution in [0.3, 0.4) is 0 Å². The molecule has 104 valence electrons. The first kappa shape index (κ1) is 14.4. The van der Waals surface area contributed by atoms with Gasteiger partial charge in [-0.1, -0.05) is 44.4 Å². The maximum Gasteiger partial charge on any atom is 0.0338 e. The molecule has 2 rings (SSSR count). The minimum Gasteiger partial charge on any atom is -0.308 e. The van der Waals surface area contributed by atoms with Crippen molar-refractivity contribution in [2.75, 3.05) is 19.6 Å². The minimum atomic E-state index is 0.313. The molecule has 1 saturated heterocycles. The molecule has 0 unspecified atom stereocenters. The van der Waals surface area contributed by atoms with Gasteiger partial charge in [0.15, 0.2) is 0 Å². The second-order valence-electron chi connectivity index (χ2n) is 6.01. The molecule has 1 heterocycles. The normalized spacial score (nSPS) is 27.3. The SMILES string of the molecule is CCC1(CC)CN(C/C=C/Cl)C2(CCCC2)CN1. The Kier molecular flexibility index (Phi) is 4.74. The zero-order chi connectivity index (χ0) is 13.1. The topological polar surface area (TPSA) is 15.3 Å². The van der Waals surface area contributed by atoms with Crippen molar-refractivity contribution in [3.8, 4) is 0 Å². The van der Waals surface area contributed by atoms with Gasteiger partial charge in [0.2, 0.25) is 0 Å². The van der Waals surface area contributed by atoms with E-state index in [1.165, 1.54) is 45.1 Å². The smallest absolute Gasteiger partial charge is 0.0338 e. The number of hydrogen-bond donors (Lipinski definition) is 1. The molecule has 2 fully saturated rings. The van der Waals surface area contributed by atoms with E-state index in [1.54, 1.807) is 5.54 Å². The zero-order valence-electron chi connectivity index (χ0n) is 11.8. The Bertz CT molecular complexity index is 291. The van der Waals surface area contributed by atoms with Gasteiger partial charge in [0, 0.05) is 36.2 Å². The molecule has 2 aliphatic rings. The number of piperazine rings is 1. The molecule has 0 aromatic carbocycles. The molecular formula is C15H27ClN2. The van der Waals surface area contributed by atoms with Crippen molar-refractivity contribution in [2.24, 2.45) is 0 Å². The molecule has 0 amide bonds. The summed E-state index contributed by atoms with van der Waals surface area (Å²) in [5.74, 6) is 0. The van der Waals surface area contributed by atoms with Crippen LogP contribution < -0.4 is 5.32 Å². The van der Waals surface area contributed by atoms with E-state index in [2.05, 4.69) is 30.1 Å². The Morgan fingerprint density at radius 2 is 1.89 bits per heavy atom. The first-order valence-electron chi connectivity index (χ1n) is 7.45. The lowest BCUT2D eigenvalue weighted by molar-refractivity contribution is 0.0134. The average Bonchev–Trinajstić information content (AvgIpc) is 2.88. The quantitative estimate of drug-likeness (QED) is 0.841. The van der Waals surface area contributed by atoms with Gasteiger partial charge in [-0.05, 0) is 25.7 Å². The number of nitrogens with zero attached hydrogens (tertiary/aromatic N) is 1. The van der Waals surface area contributed by atoms with Crippen LogP contribution >= 0.6 is 11.6 Å². The van der Waals surface area contributed by atoms with Gasteiger partial charge in [0.1, 0.15) is 0 Å². The van der Waals surface area contributed by atoms with Gasteiger partial charge in [-0.2, -0.15) is 0 Å². The van der Waals surface area contributed by atoms with Gasteiger partial charge in [-0.15, -0.1) is 0 Å². The summed E-state index contributed by atoms with van der Waals surface area (Å²) < 4.78 is 0. The monoisotopic (exact) mass is 270 g/mol. The fourth-order valence-electron chi connectivity index (χ4n) is 3.73. The van der Waals surface area contributed by atoms with Crippen LogP contribution in [0.1, 0.15) is 52.4 Å². The Labute approximate surface area is 117 Å². The van der Waals surface area contributed by atoms with E-state index in [0.717, 1.165) is 13.1 Å². The first-order valence-corrected chi connectivity index (χ1v) is 7.89. The molecule has 1 aliphatic heterocycles. The third kappa shape index (κ3) is 2.61. The molecule has 2 nitrogen and oxygen atoms in total. The third-order valence-corrected chi connectivity index (χ3v) is 5.44. The standard InChI is InChI=1S/C15H27ClN2/c1-3-14(4-2)13-18(11-7-10-16)15(12-17-14)8-5-6-9-15/h7,10,17H,3-6,8-9,11-13H2,1-2H3/b10-7+. The predicted octanol–water partition coefficient (Wildman–Crippen LogP) is 3.52. The lowest BCUT2D eigenvalue weighted by Crippen LogP contribution is -2.68. The fraction of sp³-hybridized carbons (Fsp3) is 0.867. The lowest BCUT2D eigenvalue weighted by atomic mass is 9.82. The summed E-state index contributed by atoms with van der Waals surface area (Å²) in [5, 5.41) is 3.87. The van der Waals surface area contributed by atoms with Gasteiger partial charge in [0.05, 0.1) is 0 Å². The Morgan fingerprint density at radius 1 is 1.22 bits per heavy atom. The molecule has 0 atom stereocenters. The van der Waals surface area contributed by atoms with Gasteiger partial charge in [-0.25, -0.2) is 0 Å². The van der Waals surface area contributed by atoms with Gasteiger partial charge < -0.3 is 5.32 Å². The summed E-state index contributed by atoms with van der Waals surface area (Å²) in [5.41, 5.74) is 2.39. The summed E-state index contributed by atoms with van der Waals surface area (Å²) in [7, 11) is 0. The van der Waals surface area contributed by atoms with Crippen LogP contribution in [0.5, 0.6) is 0 Å². The van der Waals surface area contributed by atoms with Crippen molar-refractivity contribution in [1.29, 1.82) is 0 Å². The zero-order valence-corrected chi connectivity index (χ0v) is 12.6. The fourth-order valence-corrected chi connectivity index (χ4v) is 3.81. The van der Waals surface area contributed by atoms with Crippen molar-refractivity contribution in [3.05, 3.63) is 11.6 Å². The average molecular weight is 271 g/mol. The van der Waals surface area contributed by atoms with Crippen LogP contribution in [0.15, 0.2) is 11.6 Å². The highest BCUT2D eigenvalue weighted by atomic mass is 35.5. The lowest BCUT2D eigenvalue weighted by Gasteiger charge is -2.53. The van der Waals surface area contributed by atoms with Crippen molar-refractivity contribution in [2.45, 2.75) is 63.5 Å². The van der Waals surface area contributed by atoms with Crippen molar-refractivity contribution < 1.29 is 0 Å². The van der Waals surface area contributed by atoms with Crippen molar-refractivity contribution in [3.63, 3.8) is 0 Å². The Balaban J connectivity index is 2.14. The van der Waals surface area contributed by atoms with Crippen LogP contribution in [-0.4, -0.2) is 35.6 Å². The predicted molar refractivity (Wildman–Crippen MR) is 79.1 cm³/mol. The first-order chi connectivity index (χ1) is 8.70. The number of halogens is 1. The Morgan fingerprint density at radius 3 is 2.44 bits per heavy atom. The van der Waals surface area contributed by atoms with E-state index >= 15 is 0 Å². The van der Waals surface area contributed by atoms with E-state index in [1.807, 2.05) is 0 Å².